The molecule has 2 saturated heterocycles. The fourth-order valence-corrected chi connectivity index (χ4v) is 4.55. The largest absolute Gasteiger partial charge is 0.316 e. The average Bonchev–Trinajstić information content (AvgIpc) is 2.36. The Balaban J connectivity index is 1.93. The fourth-order valence-electron chi connectivity index (χ4n) is 3.39. The van der Waals surface area contributed by atoms with Crippen molar-refractivity contribution in [3.8, 4) is 0 Å². The van der Waals surface area contributed by atoms with Crippen molar-refractivity contribution < 1.29 is 0 Å². The first-order valence-corrected chi connectivity index (χ1v) is 8.62. The van der Waals surface area contributed by atoms with Crippen molar-refractivity contribution in [3.63, 3.8) is 0 Å². The van der Waals surface area contributed by atoms with Crippen LogP contribution < -0.4 is 5.32 Å². The molecule has 3 heteroatoms. The highest BCUT2D eigenvalue weighted by atomic mass is 32.2. The Hall–Kier alpha value is 0.270. The maximum Gasteiger partial charge on any atom is 0.0184 e. The summed E-state index contributed by atoms with van der Waals surface area (Å²) < 4.78 is 0. The Bertz CT molecular complexity index is 261. The molecule has 2 aliphatic rings. The summed E-state index contributed by atoms with van der Waals surface area (Å²) in [6.07, 6.45) is 2.77. The van der Waals surface area contributed by atoms with Gasteiger partial charge in [-0.1, -0.05) is 20.8 Å². The van der Waals surface area contributed by atoms with Gasteiger partial charge in [0.15, 0.2) is 0 Å². The van der Waals surface area contributed by atoms with Gasteiger partial charge in [0.2, 0.25) is 0 Å². The maximum atomic E-state index is 3.58. The van der Waals surface area contributed by atoms with Crippen molar-refractivity contribution in [1.29, 1.82) is 0 Å². The number of nitrogens with one attached hydrogen (secondary N) is 1. The van der Waals surface area contributed by atoms with Crippen molar-refractivity contribution in [1.82, 2.24) is 10.2 Å². The molecule has 0 aromatic rings. The monoisotopic (exact) mass is 270 g/mol. The van der Waals surface area contributed by atoms with Crippen molar-refractivity contribution in [2.75, 3.05) is 31.9 Å². The van der Waals surface area contributed by atoms with Gasteiger partial charge in [-0.3, -0.25) is 4.90 Å². The second-order valence-electron chi connectivity index (χ2n) is 6.82. The molecule has 0 radical (unpaired) electrons. The Morgan fingerprint density at radius 1 is 1.33 bits per heavy atom. The quantitative estimate of drug-likeness (QED) is 0.849. The van der Waals surface area contributed by atoms with E-state index in [9.17, 15) is 0 Å². The Morgan fingerprint density at radius 3 is 2.78 bits per heavy atom. The highest BCUT2D eigenvalue weighted by molar-refractivity contribution is 8.00. The summed E-state index contributed by atoms with van der Waals surface area (Å²) in [4.78, 5) is 2.73. The minimum atomic E-state index is 0.448. The molecule has 0 bridgehead atoms. The first kappa shape index (κ1) is 14.7. The van der Waals surface area contributed by atoms with Gasteiger partial charge in [-0.2, -0.15) is 11.8 Å². The number of piperidine rings is 1. The van der Waals surface area contributed by atoms with Crippen molar-refractivity contribution in [2.24, 2.45) is 11.3 Å². The molecule has 0 saturated carbocycles. The molecule has 3 atom stereocenters. The third kappa shape index (κ3) is 3.43. The molecule has 106 valence electrons. The molecule has 0 amide bonds. The third-order valence-electron chi connectivity index (χ3n) is 5.03. The van der Waals surface area contributed by atoms with E-state index in [4.69, 9.17) is 0 Å². The lowest BCUT2D eigenvalue weighted by molar-refractivity contribution is 0.0801. The summed E-state index contributed by atoms with van der Waals surface area (Å²) in [7, 11) is 0. The molecule has 1 N–H and O–H groups in total. The lowest BCUT2D eigenvalue weighted by Gasteiger charge is -2.45. The van der Waals surface area contributed by atoms with Crippen molar-refractivity contribution in [3.05, 3.63) is 0 Å². The van der Waals surface area contributed by atoms with Gasteiger partial charge in [-0.15, -0.1) is 0 Å². The molecular formula is C15H30N2S. The van der Waals surface area contributed by atoms with Gasteiger partial charge in [0.25, 0.3) is 0 Å². The van der Waals surface area contributed by atoms with Crippen LogP contribution in [0.1, 0.15) is 40.5 Å². The molecule has 2 fully saturated rings. The molecule has 2 aliphatic heterocycles. The second kappa shape index (κ2) is 6.15. The lowest BCUT2D eigenvalue weighted by atomic mass is 9.74. The number of rotatable bonds is 3. The van der Waals surface area contributed by atoms with Gasteiger partial charge in [0, 0.05) is 30.1 Å². The Morgan fingerprint density at radius 2 is 2.11 bits per heavy atom. The first-order chi connectivity index (χ1) is 8.50. The molecule has 2 nitrogen and oxygen atoms in total. The zero-order valence-corrected chi connectivity index (χ0v) is 13.4. The summed E-state index contributed by atoms with van der Waals surface area (Å²) in [6, 6.07) is 0.736. The van der Waals surface area contributed by atoms with Crippen LogP contribution in [0.25, 0.3) is 0 Å². The number of thioether (sulfide) groups is 1. The third-order valence-corrected chi connectivity index (χ3v) is 6.37. The zero-order chi connectivity index (χ0) is 13.2. The normalized spacial score (nSPS) is 35.7. The molecule has 0 aromatic heterocycles. The predicted octanol–water partition coefficient (Wildman–Crippen LogP) is 2.84. The maximum absolute atomic E-state index is 3.58. The van der Waals surface area contributed by atoms with Gasteiger partial charge < -0.3 is 5.32 Å². The van der Waals surface area contributed by atoms with Crippen LogP contribution >= 0.6 is 11.8 Å². The van der Waals surface area contributed by atoms with E-state index in [1.54, 1.807) is 0 Å². The van der Waals surface area contributed by atoms with Crippen LogP contribution in [0.3, 0.4) is 0 Å². The van der Waals surface area contributed by atoms with E-state index in [2.05, 4.69) is 49.7 Å². The van der Waals surface area contributed by atoms with E-state index in [0.29, 0.717) is 5.41 Å². The Kier molecular flexibility index (Phi) is 5.01. The number of nitrogens with zero attached hydrogens (tertiary/aromatic N) is 1. The van der Waals surface area contributed by atoms with Crippen molar-refractivity contribution >= 4 is 11.8 Å². The summed E-state index contributed by atoms with van der Waals surface area (Å²) >= 11 is 2.14. The van der Waals surface area contributed by atoms with Crippen molar-refractivity contribution in [2.45, 2.75) is 51.8 Å². The van der Waals surface area contributed by atoms with Crippen LogP contribution in [0.2, 0.25) is 0 Å². The van der Waals surface area contributed by atoms with E-state index >= 15 is 0 Å². The predicted molar refractivity (Wildman–Crippen MR) is 82.3 cm³/mol. The van der Waals surface area contributed by atoms with Crippen LogP contribution in [0.5, 0.6) is 0 Å². The van der Waals surface area contributed by atoms with Gasteiger partial charge >= 0.3 is 0 Å². The number of hydrogen-bond acceptors (Lipinski definition) is 3. The Labute approximate surface area is 117 Å². The lowest BCUT2D eigenvalue weighted by Crippen LogP contribution is -2.51. The minimum Gasteiger partial charge on any atom is -0.316 e. The summed E-state index contributed by atoms with van der Waals surface area (Å²) in [5.41, 5.74) is 0.448. The van der Waals surface area contributed by atoms with Gasteiger partial charge in [-0.25, -0.2) is 0 Å². The average molecular weight is 270 g/mol. The molecule has 2 heterocycles. The molecule has 2 rings (SSSR count). The standard InChI is InChI=1S/C15H30N2S/c1-12-13(2)18-9-8-17(12)11-15(3,4)14-6-5-7-16-10-14/h12-14,16H,5-11H2,1-4H3. The fraction of sp³-hybridized carbons (Fsp3) is 1.00. The summed E-state index contributed by atoms with van der Waals surface area (Å²) in [5.74, 6) is 2.16. The van der Waals surface area contributed by atoms with Crippen LogP contribution in [0, 0.1) is 11.3 Å². The summed E-state index contributed by atoms with van der Waals surface area (Å²) in [5, 5.41) is 4.37. The highest BCUT2D eigenvalue weighted by Gasteiger charge is 2.35. The van der Waals surface area contributed by atoms with Gasteiger partial charge in [-0.05, 0) is 44.2 Å². The van der Waals surface area contributed by atoms with Crippen LogP contribution in [-0.4, -0.2) is 48.1 Å². The number of hydrogen-bond donors (Lipinski definition) is 1. The topological polar surface area (TPSA) is 15.3 Å². The summed E-state index contributed by atoms with van der Waals surface area (Å²) in [6.45, 7) is 14.7. The van der Waals surface area contributed by atoms with Crippen LogP contribution in [0.15, 0.2) is 0 Å². The molecule has 18 heavy (non-hydrogen) atoms. The van der Waals surface area contributed by atoms with Gasteiger partial charge in [0.05, 0.1) is 0 Å². The zero-order valence-electron chi connectivity index (χ0n) is 12.5. The highest BCUT2D eigenvalue weighted by Crippen LogP contribution is 2.35. The second-order valence-corrected chi connectivity index (χ2v) is 8.30. The van der Waals surface area contributed by atoms with E-state index in [1.165, 1.54) is 44.8 Å². The van der Waals surface area contributed by atoms with E-state index in [0.717, 1.165) is 17.2 Å². The molecule has 3 unspecified atom stereocenters. The molecule has 0 aromatic carbocycles. The van der Waals surface area contributed by atoms with E-state index < -0.39 is 0 Å². The first-order valence-electron chi connectivity index (χ1n) is 7.57. The van der Waals surface area contributed by atoms with Crippen LogP contribution in [-0.2, 0) is 0 Å². The van der Waals surface area contributed by atoms with Crippen LogP contribution in [0.4, 0.5) is 0 Å². The van der Waals surface area contributed by atoms with E-state index in [-0.39, 0.29) is 0 Å². The smallest absolute Gasteiger partial charge is 0.0184 e. The molecular weight excluding hydrogens is 240 g/mol. The van der Waals surface area contributed by atoms with E-state index in [1.807, 2.05) is 0 Å². The molecule has 0 spiro atoms. The minimum absolute atomic E-state index is 0.448. The SMILES string of the molecule is CC1SCCN(CC(C)(C)C2CCCNC2)C1C. The van der Waals surface area contributed by atoms with Gasteiger partial charge in [0.1, 0.15) is 0 Å². The molecule has 0 aliphatic carbocycles.